The fraction of sp³-hybridized carbons (Fsp3) is 0.333. The van der Waals surface area contributed by atoms with E-state index in [1.807, 2.05) is 25.1 Å². The van der Waals surface area contributed by atoms with Crippen LogP contribution < -0.4 is 9.62 Å². The van der Waals surface area contributed by atoms with Crippen molar-refractivity contribution >= 4 is 38.3 Å². The van der Waals surface area contributed by atoms with Gasteiger partial charge in [0.05, 0.1) is 10.6 Å². The summed E-state index contributed by atoms with van der Waals surface area (Å²) in [6, 6.07) is 15.8. The van der Waals surface area contributed by atoms with Crippen LogP contribution in [0.1, 0.15) is 38.7 Å². The van der Waals surface area contributed by atoms with E-state index < -0.39 is 16.1 Å². The van der Waals surface area contributed by atoms with Crippen molar-refractivity contribution < 1.29 is 22.4 Å². The summed E-state index contributed by atoms with van der Waals surface area (Å²) in [6.07, 6.45) is 1.11. The Balaban J connectivity index is 1.48. The Bertz CT molecular complexity index is 1370. The van der Waals surface area contributed by atoms with E-state index in [1.54, 1.807) is 37.3 Å². The van der Waals surface area contributed by atoms with Gasteiger partial charge in [0.25, 0.3) is 10.0 Å². The zero-order valence-corrected chi connectivity index (χ0v) is 21.2. The van der Waals surface area contributed by atoms with E-state index >= 15 is 0 Å². The topological polar surface area (TPSA) is 86.8 Å². The number of nitrogens with zero attached hydrogens (tertiary/aromatic N) is 2. The average Bonchev–Trinajstić information content (AvgIpc) is 3.09. The Hall–Kier alpha value is -3.46. The zero-order chi connectivity index (χ0) is 25.9. The molecule has 2 amide bonds. The Morgan fingerprint density at radius 3 is 2.44 bits per heavy atom. The minimum Gasteiger partial charge on any atom is -0.354 e. The van der Waals surface area contributed by atoms with Crippen molar-refractivity contribution in [3.8, 4) is 0 Å². The van der Waals surface area contributed by atoms with Crippen LogP contribution >= 0.6 is 0 Å². The molecule has 1 heterocycles. The van der Waals surface area contributed by atoms with Crippen LogP contribution in [0.4, 0.5) is 10.1 Å². The molecule has 0 spiro atoms. The van der Waals surface area contributed by atoms with E-state index in [0.29, 0.717) is 23.2 Å². The summed E-state index contributed by atoms with van der Waals surface area (Å²) in [5.41, 5.74) is 1.31. The first-order valence-electron chi connectivity index (χ1n) is 12.1. The molecule has 0 saturated carbocycles. The fourth-order valence-electron chi connectivity index (χ4n) is 4.48. The monoisotopic (exact) mass is 511 g/mol. The molecule has 0 saturated heterocycles. The molecule has 9 heteroatoms. The second-order valence-corrected chi connectivity index (χ2v) is 10.8. The number of halogens is 1. The number of anilines is 1. The molecular weight excluding hydrogens is 481 g/mol. The number of rotatable bonds is 10. The second kappa shape index (κ2) is 10.7. The number of carbonyl (C=O) groups is 2. The lowest BCUT2D eigenvalue weighted by Gasteiger charge is -2.29. The van der Waals surface area contributed by atoms with Gasteiger partial charge in [-0.1, -0.05) is 43.3 Å². The summed E-state index contributed by atoms with van der Waals surface area (Å²) in [5.74, 6) is -0.921. The summed E-state index contributed by atoms with van der Waals surface area (Å²) in [7, 11) is -3.70. The lowest BCUT2D eigenvalue weighted by molar-refractivity contribution is -0.140. The number of amides is 2. The third kappa shape index (κ3) is 5.06. The van der Waals surface area contributed by atoms with Crippen molar-refractivity contribution in [2.45, 2.75) is 50.6 Å². The summed E-state index contributed by atoms with van der Waals surface area (Å²) < 4.78 is 41.1. The summed E-state index contributed by atoms with van der Waals surface area (Å²) in [4.78, 5) is 27.7. The van der Waals surface area contributed by atoms with Crippen LogP contribution in [0.3, 0.4) is 0 Å². The highest BCUT2D eigenvalue weighted by Crippen LogP contribution is 2.42. The molecule has 4 rings (SSSR count). The molecule has 0 aromatic heterocycles. The molecule has 0 unspecified atom stereocenters. The second-order valence-electron chi connectivity index (χ2n) is 8.93. The standard InChI is InChI=1S/C27H30FN3O4S/c1-3-16-29-27(33)19(2)30(18-20-12-14-22(28)15-13-20)25(32)11-6-17-31-23-9-4-7-21-8-5-10-24(26(21)23)36(31,34)35/h4-5,7-10,12-15,19H,3,6,11,16-18H2,1-2H3,(H,29,33)/t19-/m0/s1. The highest BCUT2D eigenvalue weighted by Gasteiger charge is 2.35. The fourth-order valence-corrected chi connectivity index (χ4v) is 6.23. The Morgan fingerprint density at radius 2 is 1.75 bits per heavy atom. The minimum atomic E-state index is -3.70. The number of benzene rings is 3. The van der Waals surface area contributed by atoms with E-state index in [1.165, 1.54) is 21.3 Å². The van der Waals surface area contributed by atoms with Gasteiger partial charge in [-0.3, -0.25) is 13.9 Å². The van der Waals surface area contributed by atoms with Crippen molar-refractivity contribution in [1.29, 1.82) is 0 Å². The highest BCUT2D eigenvalue weighted by atomic mass is 32.2. The molecule has 0 aliphatic carbocycles. The number of sulfonamides is 1. The maximum absolute atomic E-state index is 13.4. The number of carbonyl (C=O) groups excluding carboxylic acids is 2. The van der Waals surface area contributed by atoms with Crippen molar-refractivity contribution in [1.82, 2.24) is 10.2 Å². The Kier molecular flexibility index (Phi) is 7.59. The third-order valence-electron chi connectivity index (χ3n) is 6.42. The van der Waals surface area contributed by atoms with Crippen LogP contribution in [0.15, 0.2) is 65.6 Å². The average molecular weight is 512 g/mol. The van der Waals surface area contributed by atoms with Gasteiger partial charge in [-0.15, -0.1) is 0 Å². The van der Waals surface area contributed by atoms with Crippen LogP contribution in [0, 0.1) is 5.82 Å². The maximum atomic E-state index is 13.4. The predicted molar refractivity (Wildman–Crippen MR) is 137 cm³/mol. The van der Waals surface area contributed by atoms with Crippen LogP contribution in [0.25, 0.3) is 10.8 Å². The Morgan fingerprint density at radius 1 is 1.06 bits per heavy atom. The predicted octanol–water partition coefficient (Wildman–Crippen LogP) is 4.21. The van der Waals surface area contributed by atoms with E-state index in [9.17, 15) is 22.4 Å². The number of hydrogen-bond acceptors (Lipinski definition) is 4. The van der Waals surface area contributed by atoms with E-state index in [0.717, 1.165) is 11.8 Å². The van der Waals surface area contributed by atoms with Crippen LogP contribution in [-0.4, -0.2) is 44.3 Å². The largest absolute Gasteiger partial charge is 0.354 e. The number of nitrogens with one attached hydrogen (secondary N) is 1. The third-order valence-corrected chi connectivity index (χ3v) is 8.27. The Labute approximate surface area is 210 Å². The van der Waals surface area contributed by atoms with Crippen molar-refractivity contribution in [3.05, 3.63) is 72.0 Å². The van der Waals surface area contributed by atoms with E-state index in [-0.39, 0.29) is 48.5 Å². The molecule has 1 aliphatic rings. The van der Waals surface area contributed by atoms with Gasteiger partial charge in [0.15, 0.2) is 0 Å². The van der Waals surface area contributed by atoms with Gasteiger partial charge >= 0.3 is 0 Å². The van der Waals surface area contributed by atoms with Gasteiger partial charge in [0.1, 0.15) is 11.9 Å². The zero-order valence-electron chi connectivity index (χ0n) is 20.4. The lowest BCUT2D eigenvalue weighted by atomic mass is 10.1. The molecular formula is C27H30FN3O4S. The van der Waals surface area contributed by atoms with Gasteiger partial charge in [-0.2, -0.15) is 0 Å². The molecule has 7 nitrogen and oxygen atoms in total. The SMILES string of the molecule is CCCNC(=O)[C@H](C)N(Cc1ccc(F)cc1)C(=O)CCCN1c2cccc3cccc(c23)S1(=O)=O. The van der Waals surface area contributed by atoms with Gasteiger partial charge in [0.2, 0.25) is 11.8 Å². The normalized spacial score (nSPS) is 14.6. The number of hydrogen-bond donors (Lipinski definition) is 1. The van der Waals surface area contributed by atoms with Gasteiger partial charge in [-0.05, 0) is 55.0 Å². The van der Waals surface area contributed by atoms with E-state index in [4.69, 9.17) is 0 Å². The summed E-state index contributed by atoms with van der Waals surface area (Å²) in [6.45, 7) is 4.39. The van der Waals surface area contributed by atoms with Crippen LogP contribution in [0.5, 0.6) is 0 Å². The molecule has 0 bridgehead atoms. The molecule has 1 aliphatic heterocycles. The van der Waals surface area contributed by atoms with Crippen molar-refractivity contribution in [2.75, 3.05) is 17.4 Å². The lowest BCUT2D eigenvalue weighted by Crippen LogP contribution is -2.47. The summed E-state index contributed by atoms with van der Waals surface area (Å²) in [5, 5.41) is 4.37. The van der Waals surface area contributed by atoms with Gasteiger partial charge in [0, 0.05) is 31.4 Å². The first-order chi connectivity index (χ1) is 17.2. The molecule has 36 heavy (non-hydrogen) atoms. The van der Waals surface area contributed by atoms with E-state index in [2.05, 4.69) is 5.32 Å². The molecule has 1 N–H and O–H groups in total. The minimum absolute atomic E-state index is 0.0605. The van der Waals surface area contributed by atoms with Crippen molar-refractivity contribution in [2.24, 2.45) is 0 Å². The van der Waals surface area contributed by atoms with Gasteiger partial charge < -0.3 is 10.2 Å². The molecule has 1 atom stereocenters. The smallest absolute Gasteiger partial charge is 0.265 e. The van der Waals surface area contributed by atoms with Crippen LogP contribution in [-0.2, 0) is 26.2 Å². The van der Waals surface area contributed by atoms with Gasteiger partial charge in [-0.25, -0.2) is 12.8 Å². The quantitative estimate of drug-likeness (QED) is 0.442. The maximum Gasteiger partial charge on any atom is 0.265 e. The highest BCUT2D eigenvalue weighted by molar-refractivity contribution is 7.93. The molecule has 3 aromatic rings. The molecule has 0 radical (unpaired) electrons. The van der Waals surface area contributed by atoms with Crippen LogP contribution in [0.2, 0.25) is 0 Å². The first kappa shape index (κ1) is 25.6. The molecule has 3 aromatic carbocycles. The molecule has 0 fully saturated rings. The first-order valence-corrected chi connectivity index (χ1v) is 13.5. The van der Waals surface area contributed by atoms with Crippen molar-refractivity contribution in [3.63, 3.8) is 0 Å². The molecule has 190 valence electrons. The summed E-state index contributed by atoms with van der Waals surface area (Å²) >= 11 is 0.